The van der Waals surface area contributed by atoms with E-state index in [9.17, 15) is 18.7 Å². The van der Waals surface area contributed by atoms with Crippen LogP contribution in [0.5, 0.6) is 11.5 Å². The first-order chi connectivity index (χ1) is 14.4. The molecule has 0 aliphatic heterocycles. The Hall–Kier alpha value is -3.73. The van der Waals surface area contributed by atoms with Crippen molar-refractivity contribution in [2.45, 2.75) is 13.3 Å². The molecule has 0 saturated heterocycles. The SMILES string of the molecule is CC1=C(CC(=O)O)c2cc(F)cc(F)c2/C1=C/c1cccc(Oc2ccccc2)c1. The van der Waals surface area contributed by atoms with Gasteiger partial charge in [-0.3, -0.25) is 4.79 Å². The van der Waals surface area contributed by atoms with Crippen molar-refractivity contribution in [3.05, 3.63) is 101 Å². The van der Waals surface area contributed by atoms with Crippen LogP contribution in [0.4, 0.5) is 8.78 Å². The molecule has 0 aromatic heterocycles. The molecule has 0 unspecified atom stereocenters. The highest BCUT2D eigenvalue weighted by Crippen LogP contribution is 2.45. The number of hydrogen-bond acceptors (Lipinski definition) is 2. The lowest BCUT2D eigenvalue weighted by atomic mass is 9.99. The number of carboxylic acids is 1. The molecule has 5 heteroatoms. The van der Waals surface area contributed by atoms with E-state index < -0.39 is 17.6 Å². The van der Waals surface area contributed by atoms with Gasteiger partial charge in [-0.15, -0.1) is 0 Å². The molecule has 0 spiro atoms. The minimum Gasteiger partial charge on any atom is -0.481 e. The fourth-order valence-corrected chi connectivity index (χ4v) is 3.66. The molecule has 150 valence electrons. The Labute approximate surface area is 172 Å². The van der Waals surface area contributed by atoms with Gasteiger partial charge in [0.2, 0.25) is 0 Å². The number of ether oxygens (including phenoxy) is 1. The molecule has 3 aromatic rings. The molecular weight excluding hydrogens is 386 g/mol. The number of para-hydroxylation sites is 1. The molecule has 30 heavy (non-hydrogen) atoms. The monoisotopic (exact) mass is 404 g/mol. The normalized spacial score (nSPS) is 14.2. The maximum absolute atomic E-state index is 14.7. The van der Waals surface area contributed by atoms with Gasteiger partial charge in [0, 0.05) is 11.6 Å². The number of fused-ring (bicyclic) bond motifs is 1. The molecule has 1 aliphatic rings. The maximum Gasteiger partial charge on any atom is 0.307 e. The van der Waals surface area contributed by atoms with Crippen LogP contribution in [-0.4, -0.2) is 11.1 Å². The van der Waals surface area contributed by atoms with Crippen molar-refractivity contribution in [2.24, 2.45) is 0 Å². The third-order valence-corrected chi connectivity index (χ3v) is 4.98. The van der Waals surface area contributed by atoms with Crippen molar-refractivity contribution in [1.29, 1.82) is 0 Å². The van der Waals surface area contributed by atoms with Gasteiger partial charge in [-0.05, 0) is 71.2 Å². The van der Waals surface area contributed by atoms with Crippen LogP contribution in [0.3, 0.4) is 0 Å². The first kappa shape index (κ1) is 19.6. The third kappa shape index (κ3) is 3.87. The number of rotatable bonds is 5. The summed E-state index contributed by atoms with van der Waals surface area (Å²) in [5.41, 5.74) is 2.83. The lowest BCUT2D eigenvalue weighted by Crippen LogP contribution is -1.98. The van der Waals surface area contributed by atoms with Crippen molar-refractivity contribution in [2.75, 3.05) is 0 Å². The van der Waals surface area contributed by atoms with E-state index in [1.54, 1.807) is 13.0 Å². The van der Waals surface area contributed by atoms with Crippen molar-refractivity contribution >= 4 is 23.2 Å². The van der Waals surface area contributed by atoms with E-state index >= 15 is 0 Å². The Balaban J connectivity index is 1.77. The first-order valence-corrected chi connectivity index (χ1v) is 9.39. The Bertz CT molecular complexity index is 1190. The van der Waals surface area contributed by atoms with E-state index in [-0.39, 0.29) is 17.5 Å². The molecular formula is C25H18F2O3. The lowest BCUT2D eigenvalue weighted by molar-refractivity contribution is -0.135. The average Bonchev–Trinajstić information content (AvgIpc) is 2.94. The molecule has 0 heterocycles. The van der Waals surface area contributed by atoms with Crippen molar-refractivity contribution in [3.63, 3.8) is 0 Å². The topological polar surface area (TPSA) is 46.5 Å². The van der Waals surface area contributed by atoms with Crippen molar-refractivity contribution in [1.82, 2.24) is 0 Å². The fraction of sp³-hybridized carbons (Fsp3) is 0.0800. The minimum atomic E-state index is -1.06. The summed E-state index contributed by atoms with van der Waals surface area (Å²) in [4.78, 5) is 11.3. The number of benzene rings is 3. The molecule has 3 nitrogen and oxygen atoms in total. The number of hydrogen-bond donors (Lipinski definition) is 1. The highest BCUT2D eigenvalue weighted by molar-refractivity contribution is 6.07. The summed E-state index contributed by atoms with van der Waals surface area (Å²) in [5, 5.41) is 9.25. The van der Waals surface area contributed by atoms with Gasteiger partial charge in [0.1, 0.15) is 23.1 Å². The van der Waals surface area contributed by atoms with Crippen LogP contribution >= 0.6 is 0 Å². The minimum absolute atomic E-state index is 0.222. The zero-order valence-electron chi connectivity index (χ0n) is 16.2. The van der Waals surface area contributed by atoms with E-state index in [1.807, 2.05) is 54.6 Å². The Kier molecular flexibility index (Phi) is 5.19. The summed E-state index contributed by atoms with van der Waals surface area (Å²) >= 11 is 0. The molecule has 0 bridgehead atoms. The van der Waals surface area contributed by atoms with E-state index in [0.717, 1.165) is 11.6 Å². The number of carbonyl (C=O) groups is 1. The molecule has 4 rings (SSSR count). The number of allylic oxidation sites excluding steroid dienone is 2. The second-order valence-corrected chi connectivity index (χ2v) is 7.03. The standard InChI is InChI=1S/C25H18F2O3/c1-15-20(14-24(28)29)22-12-17(26)13-23(27)25(22)21(15)11-16-6-5-9-19(10-16)30-18-7-3-2-4-8-18/h2-13H,14H2,1H3,(H,28,29)/b21-11+. The highest BCUT2D eigenvalue weighted by atomic mass is 19.1. The largest absolute Gasteiger partial charge is 0.481 e. The maximum atomic E-state index is 14.7. The van der Waals surface area contributed by atoms with Gasteiger partial charge in [-0.2, -0.15) is 0 Å². The van der Waals surface area contributed by atoms with Gasteiger partial charge in [-0.25, -0.2) is 8.78 Å². The smallest absolute Gasteiger partial charge is 0.307 e. The van der Waals surface area contributed by atoms with Crippen LogP contribution < -0.4 is 4.74 Å². The van der Waals surface area contributed by atoms with E-state index in [0.29, 0.717) is 28.2 Å². The fourth-order valence-electron chi connectivity index (χ4n) is 3.66. The number of carboxylic acid groups (broad SMARTS) is 1. The summed E-state index contributed by atoms with van der Waals surface area (Å²) < 4.78 is 34.4. The molecule has 1 aliphatic carbocycles. The van der Waals surface area contributed by atoms with Gasteiger partial charge < -0.3 is 9.84 Å². The zero-order chi connectivity index (χ0) is 21.3. The van der Waals surface area contributed by atoms with Crippen LogP contribution in [0.25, 0.3) is 17.2 Å². The quantitative estimate of drug-likeness (QED) is 0.524. The van der Waals surface area contributed by atoms with Crippen molar-refractivity contribution < 1.29 is 23.4 Å². The van der Waals surface area contributed by atoms with Crippen LogP contribution in [0.1, 0.15) is 30.0 Å². The summed E-state index contributed by atoms with van der Waals surface area (Å²) in [6.45, 7) is 1.73. The molecule has 1 N–H and O–H groups in total. The summed E-state index contributed by atoms with van der Waals surface area (Å²) in [6.07, 6.45) is 1.46. The Morgan fingerprint density at radius 1 is 1.00 bits per heavy atom. The molecule has 0 radical (unpaired) electrons. The van der Waals surface area contributed by atoms with E-state index in [1.165, 1.54) is 6.07 Å². The van der Waals surface area contributed by atoms with Gasteiger partial charge in [-0.1, -0.05) is 30.3 Å². The second-order valence-electron chi connectivity index (χ2n) is 7.03. The van der Waals surface area contributed by atoms with Gasteiger partial charge in [0.15, 0.2) is 0 Å². The van der Waals surface area contributed by atoms with Crippen LogP contribution in [0.15, 0.2) is 72.3 Å². The third-order valence-electron chi connectivity index (χ3n) is 4.98. The van der Waals surface area contributed by atoms with Gasteiger partial charge in [0.05, 0.1) is 6.42 Å². The molecule has 0 amide bonds. The lowest BCUT2D eigenvalue weighted by Gasteiger charge is -2.08. The molecule has 0 fully saturated rings. The second kappa shape index (κ2) is 7.95. The molecule has 0 saturated carbocycles. The summed E-state index contributed by atoms with van der Waals surface area (Å²) in [6, 6.07) is 18.6. The van der Waals surface area contributed by atoms with Crippen LogP contribution in [-0.2, 0) is 4.79 Å². The van der Waals surface area contributed by atoms with Crippen LogP contribution in [0.2, 0.25) is 0 Å². The summed E-state index contributed by atoms with van der Waals surface area (Å²) in [7, 11) is 0. The Morgan fingerprint density at radius 2 is 1.73 bits per heavy atom. The number of aliphatic carboxylic acids is 1. The molecule has 3 aromatic carbocycles. The van der Waals surface area contributed by atoms with Crippen LogP contribution in [0, 0.1) is 11.6 Å². The summed E-state index contributed by atoms with van der Waals surface area (Å²) in [5.74, 6) is -1.20. The van der Waals surface area contributed by atoms with E-state index in [2.05, 4.69) is 0 Å². The highest BCUT2D eigenvalue weighted by Gasteiger charge is 2.28. The first-order valence-electron chi connectivity index (χ1n) is 9.39. The predicted molar refractivity (Wildman–Crippen MR) is 112 cm³/mol. The van der Waals surface area contributed by atoms with Crippen molar-refractivity contribution in [3.8, 4) is 11.5 Å². The van der Waals surface area contributed by atoms with Gasteiger partial charge in [0.25, 0.3) is 0 Å². The predicted octanol–water partition coefficient (Wildman–Crippen LogP) is 6.56. The Morgan fingerprint density at radius 3 is 2.47 bits per heavy atom. The number of halogens is 2. The zero-order valence-corrected chi connectivity index (χ0v) is 16.2. The van der Waals surface area contributed by atoms with Gasteiger partial charge >= 0.3 is 5.97 Å². The van der Waals surface area contributed by atoms with E-state index in [4.69, 9.17) is 4.74 Å². The molecule has 0 atom stereocenters. The average molecular weight is 404 g/mol.